The van der Waals surface area contributed by atoms with Crippen LogP contribution >= 0.6 is 0 Å². The first-order valence-electron chi connectivity index (χ1n) is 11.6. The van der Waals surface area contributed by atoms with Gasteiger partial charge < -0.3 is 0 Å². The van der Waals surface area contributed by atoms with Crippen LogP contribution in [0.15, 0.2) is 109 Å². The Balaban J connectivity index is 0.000000568. The number of hydrogen-bond acceptors (Lipinski definition) is 1. The zero-order valence-corrected chi connectivity index (χ0v) is 20.4. The molecule has 4 aromatic rings. The minimum atomic E-state index is 0. The topological polar surface area (TPSA) is 17.1 Å². The molecule has 0 radical (unpaired) electrons. The van der Waals surface area contributed by atoms with Gasteiger partial charge in [-0.3, -0.25) is 4.79 Å². The van der Waals surface area contributed by atoms with Crippen molar-refractivity contribution in [3.63, 3.8) is 0 Å². The molecular weight excluding hydrogens is 444 g/mol. The van der Waals surface area contributed by atoms with Gasteiger partial charge in [-0.25, -0.2) is 12.1 Å². The van der Waals surface area contributed by atoms with Crippen LogP contribution in [0.25, 0.3) is 17.2 Å². The quantitative estimate of drug-likeness (QED) is 0.0778. The van der Waals surface area contributed by atoms with Gasteiger partial charge in [0.05, 0.1) is 0 Å². The van der Waals surface area contributed by atoms with Crippen molar-refractivity contribution in [2.45, 2.75) is 39.0 Å². The Morgan fingerprint density at radius 3 is 2.21 bits per heavy atom. The molecule has 0 spiro atoms. The number of ketones is 1. The van der Waals surface area contributed by atoms with Gasteiger partial charge >= 0.3 is 17.1 Å². The van der Waals surface area contributed by atoms with Gasteiger partial charge in [-0.05, 0) is 6.08 Å². The van der Waals surface area contributed by atoms with Gasteiger partial charge in [-0.15, -0.1) is 23.3 Å². The van der Waals surface area contributed by atoms with Gasteiger partial charge in [0.25, 0.3) is 0 Å². The molecule has 0 N–H and O–H groups in total. The number of hydrogen-bond donors (Lipinski definition) is 0. The molecule has 0 saturated carbocycles. The van der Waals surface area contributed by atoms with E-state index in [2.05, 4.69) is 49.4 Å². The van der Waals surface area contributed by atoms with E-state index in [0.29, 0.717) is 0 Å². The molecule has 0 amide bonds. The van der Waals surface area contributed by atoms with Crippen molar-refractivity contribution in [1.82, 2.24) is 0 Å². The van der Waals surface area contributed by atoms with Crippen molar-refractivity contribution in [3.8, 4) is 11.1 Å². The van der Waals surface area contributed by atoms with Crippen LogP contribution in [0.5, 0.6) is 0 Å². The first-order valence-corrected chi connectivity index (χ1v) is 11.6. The van der Waals surface area contributed by atoms with Crippen molar-refractivity contribution >= 4 is 11.9 Å². The maximum absolute atomic E-state index is 12.5. The summed E-state index contributed by atoms with van der Waals surface area (Å²) >= 11 is 0. The van der Waals surface area contributed by atoms with Crippen LogP contribution < -0.4 is 0 Å². The van der Waals surface area contributed by atoms with Gasteiger partial charge in [0, 0.05) is 5.56 Å². The molecule has 0 aromatic heterocycles. The SMILES string of the molecule is CCCCCCc1cccc(C=CC(=O)c2ccccc2)c1-[c-]1cccc1.[Fe+2].c1cc[cH-]c1. The molecule has 170 valence electrons. The summed E-state index contributed by atoms with van der Waals surface area (Å²) in [6, 6.07) is 34.3. The molecule has 0 fully saturated rings. The molecule has 4 rings (SSSR count). The van der Waals surface area contributed by atoms with E-state index < -0.39 is 0 Å². The summed E-state index contributed by atoms with van der Waals surface area (Å²) in [5.41, 5.74) is 5.69. The molecule has 4 aromatic carbocycles. The molecule has 0 saturated heterocycles. The molecule has 1 nitrogen and oxygen atoms in total. The molecule has 33 heavy (non-hydrogen) atoms. The molecule has 0 aliphatic rings. The second-order valence-electron chi connectivity index (χ2n) is 7.89. The first-order chi connectivity index (χ1) is 15.8. The minimum Gasteiger partial charge on any atom is -0.289 e. The molecule has 0 unspecified atom stereocenters. The average Bonchev–Trinajstić information content (AvgIpc) is 3.58. The fraction of sp³-hybridized carbons (Fsp3) is 0.194. The number of rotatable bonds is 9. The van der Waals surface area contributed by atoms with Crippen molar-refractivity contribution in [2.75, 3.05) is 0 Å². The van der Waals surface area contributed by atoms with Crippen molar-refractivity contribution in [2.24, 2.45) is 0 Å². The largest absolute Gasteiger partial charge is 2.00 e. The van der Waals surface area contributed by atoms with Crippen molar-refractivity contribution in [3.05, 3.63) is 126 Å². The number of carbonyl (C=O) groups excluding carboxylic acids is 1. The van der Waals surface area contributed by atoms with Gasteiger partial charge in [0.2, 0.25) is 0 Å². The van der Waals surface area contributed by atoms with Crippen LogP contribution in [-0.4, -0.2) is 5.78 Å². The summed E-state index contributed by atoms with van der Waals surface area (Å²) in [5.74, 6) is 0.0393. The summed E-state index contributed by atoms with van der Waals surface area (Å²) < 4.78 is 0. The smallest absolute Gasteiger partial charge is 0.289 e. The molecule has 0 heterocycles. The predicted molar refractivity (Wildman–Crippen MR) is 137 cm³/mol. The second-order valence-corrected chi connectivity index (χ2v) is 7.89. The van der Waals surface area contributed by atoms with Crippen LogP contribution in [0, 0.1) is 0 Å². The van der Waals surface area contributed by atoms with Crippen LogP contribution in [-0.2, 0) is 23.5 Å². The standard InChI is InChI=1S/C26H27O.C5H5.Fe/c1-2-3-4-6-14-23-17-11-18-24(26(23)22-15-9-10-16-22)19-20-25(27)21-12-7-5-8-13-21;1-2-4-5-3-1;/h5,7-13,15-20H,2-4,6,14H2,1H3;1-5H;/q2*-1;+2. The Morgan fingerprint density at radius 1 is 0.848 bits per heavy atom. The van der Waals surface area contributed by atoms with Crippen LogP contribution in [0.4, 0.5) is 0 Å². The van der Waals surface area contributed by atoms with Gasteiger partial charge in [-0.2, -0.15) is 30.3 Å². The second kappa shape index (κ2) is 15.0. The van der Waals surface area contributed by atoms with Crippen LogP contribution in [0.2, 0.25) is 0 Å². The molecule has 2 heteroatoms. The summed E-state index contributed by atoms with van der Waals surface area (Å²) in [6.07, 6.45) is 9.75. The third-order valence-electron chi connectivity index (χ3n) is 5.46. The van der Waals surface area contributed by atoms with E-state index in [1.807, 2.05) is 66.7 Å². The fourth-order valence-corrected chi connectivity index (χ4v) is 3.79. The normalized spacial score (nSPS) is 10.3. The summed E-state index contributed by atoms with van der Waals surface area (Å²) in [6.45, 7) is 2.24. The minimum absolute atomic E-state index is 0. The van der Waals surface area contributed by atoms with Crippen LogP contribution in [0.3, 0.4) is 0 Å². The van der Waals surface area contributed by atoms with Crippen molar-refractivity contribution in [1.29, 1.82) is 0 Å². The molecular formula is C31H32FeO. The number of benzene rings is 2. The predicted octanol–water partition coefficient (Wildman–Crippen LogP) is 8.49. The summed E-state index contributed by atoms with van der Waals surface area (Å²) in [4.78, 5) is 12.5. The fourth-order valence-electron chi connectivity index (χ4n) is 3.79. The van der Waals surface area contributed by atoms with Gasteiger partial charge in [0.15, 0.2) is 5.78 Å². The maximum Gasteiger partial charge on any atom is 2.00 e. The van der Waals surface area contributed by atoms with E-state index in [1.54, 1.807) is 6.08 Å². The number of allylic oxidation sites excluding steroid dienone is 1. The number of aryl methyl sites for hydroxylation is 1. The molecule has 0 atom stereocenters. The number of unbranched alkanes of at least 4 members (excludes halogenated alkanes) is 3. The third kappa shape index (κ3) is 8.50. The Bertz CT molecular complexity index is 1040. The van der Waals surface area contributed by atoms with E-state index in [-0.39, 0.29) is 22.9 Å². The Kier molecular flexibility index (Phi) is 12.0. The third-order valence-corrected chi connectivity index (χ3v) is 5.46. The average molecular weight is 476 g/mol. The molecule has 0 aliphatic carbocycles. The van der Waals surface area contributed by atoms with Gasteiger partial charge in [-0.1, -0.05) is 105 Å². The maximum atomic E-state index is 12.5. The van der Waals surface area contributed by atoms with Crippen molar-refractivity contribution < 1.29 is 21.9 Å². The summed E-state index contributed by atoms with van der Waals surface area (Å²) in [7, 11) is 0. The molecule has 0 aliphatic heterocycles. The Morgan fingerprint density at radius 2 is 1.58 bits per heavy atom. The number of carbonyl (C=O) groups is 1. The van der Waals surface area contributed by atoms with E-state index in [9.17, 15) is 4.79 Å². The summed E-state index contributed by atoms with van der Waals surface area (Å²) in [5, 5.41) is 0. The molecule has 0 bridgehead atoms. The van der Waals surface area contributed by atoms with E-state index in [1.165, 1.54) is 42.4 Å². The zero-order valence-electron chi connectivity index (χ0n) is 19.3. The Labute approximate surface area is 209 Å². The van der Waals surface area contributed by atoms with E-state index in [0.717, 1.165) is 17.5 Å². The van der Waals surface area contributed by atoms with Crippen LogP contribution in [0.1, 0.15) is 54.1 Å². The Hall–Kier alpha value is -2.93. The van der Waals surface area contributed by atoms with Gasteiger partial charge in [0.1, 0.15) is 0 Å². The zero-order chi connectivity index (χ0) is 22.4. The monoisotopic (exact) mass is 476 g/mol. The first kappa shape index (κ1) is 26.3. The van der Waals surface area contributed by atoms with E-state index in [4.69, 9.17) is 0 Å². The van der Waals surface area contributed by atoms with E-state index >= 15 is 0 Å².